The summed E-state index contributed by atoms with van der Waals surface area (Å²) in [6.07, 6.45) is 0.873. The van der Waals surface area contributed by atoms with Crippen LogP contribution in [0.5, 0.6) is 0 Å². The molecule has 0 spiro atoms. The van der Waals surface area contributed by atoms with Crippen molar-refractivity contribution in [3.05, 3.63) is 35.9 Å². The average molecular weight is 271 g/mol. The second-order valence-electron chi connectivity index (χ2n) is 4.41. The Morgan fingerprint density at radius 1 is 1.22 bits per heavy atom. The van der Waals surface area contributed by atoms with E-state index in [-0.39, 0.29) is 11.9 Å². The van der Waals surface area contributed by atoms with E-state index in [0.29, 0.717) is 19.6 Å². The van der Waals surface area contributed by atoms with Gasteiger partial charge in [-0.3, -0.25) is 0 Å². The van der Waals surface area contributed by atoms with Gasteiger partial charge in [0.15, 0.2) is 0 Å². The Balaban J connectivity index is 2.28. The fourth-order valence-corrected chi connectivity index (χ4v) is 2.65. The van der Waals surface area contributed by atoms with Crippen molar-refractivity contribution in [1.82, 2.24) is 4.72 Å². The number of rotatable bonds is 8. The highest BCUT2D eigenvalue weighted by Gasteiger charge is 2.10. The van der Waals surface area contributed by atoms with Crippen LogP contribution in [-0.2, 0) is 20.5 Å². The lowest BCUT2D eigenvalue weighted by atomic mass is 10.2. The number of sulfonamides is 1. The molecule has 4 nitrogen and oxygen atoms in total. The molecule has 0 heterocycles. The Bertz CT molecular complexity index is 429. The zero-order chi connectivity index (χ0) is 13.4. The van der Waals surface area contributed by atoms with Gasteiger partial charge in [-0.05, 0) is 25.8 Å². The highest BCUT2D eigenvalue weighted by atomic mass is 32.2. The van der Waals surface area contributed by atoms with Crippen molar-refractivity contribution in [3.63, 3.8) is 0 Å². The van der Waals surface area contributed by atoms with Gasteiger partial charge in [0.1, 0.15) is 0 Å². The Labute approximate surface area is 109 Å². The lowest BCUT2D eigenvalue weighted by Gasteiger charge is -2.09. The monoisotopic (exact) mass is 271 g/mol. The molecular weight excluding hydrogens is 250 g/mol. The predicted octanol–water partition coefficient (Wildman–Crippen LogP) is 1.92. The first-order chi connectivity index (χ1) is 8.49. The molecule has 0 unspecified atom stereocenters. The normalized spacial score (nSPS) is 11.9. The van der Waals surface area contributed by atoms with Crippen LogP contribution in [0.4, 0.5) is 0 Å². The first-order valence-electron chi connectivity index (χ1n) is 6.12. The molecule has 0 bridgehead atoms. The third kappa shape index (κ3) is 6.74. The van der Waals surface area contributed by atoms with Crippen molar-refractivity contribution in [3.8, 4) is 0 Å². The Morgan fingerprint density at radius 3 is 2.50 bits per heavy atom. The summed E-state index contributed by atoms with van der Waals surface area (Å²) in [6, 6.07) is 9.15. The van der Waals surface area contributed by atoms with Gasteiger partial charge in [-0.15, -0.1) is 0 Å². The van der Waals surface area contributed by atoms with Gasteiger partial charge in [0.2, 0.25) is 10.0 Å². The van der Waals surface area contributed by atoms with E-state index < -0.39 is 10.0 Å². The van der Waals surface area contributed by atoms with E-state index >= 15 is 0 Å². The lowest BCUT2D eigenvalue weighted by molar-refractivity contribution is 0.0778. The second kappa shape index (κ2) is 7.51. The molecule has 0 aliphatic carbocycles. The summed E-state index contributed by atoms with van der Waals surface area (Å²) in [5, 5.41) is 0. The van der Waals surface area contributed by atoms with E-state index in [9.17, 15) is 8.42 Å². The van der Waals surface area contributed by atoms with E-state index in [0.717, 1.165) is 5.56 Å². The van der Waals surface area contributed by atoms with E-state index in [1.54, 1.807) is 12.1 Å². The van der Waals surface area contributed by atoms with Gasteiger partial charge in [-0.1, -0.05) is 30.3 Å². The molecule has 0 amide bonds. The SMILES string of the molecule is CC(C)OCCCNS(=O)(=O)Cc1ccccc1. The molecule has 0 fully saturated rings. The molecule has 1 N–H and O–H groups in total. The molecule has 0 saturated heterocycles. The molecule has 18 heavy (non-hydrogen) atoms. The van der Waals surface area contributed by atoms with Crippen molar-refractivity contribution in [2.24, 2.45) is 0 Å². The van der Waals surface area contributed by atoms with Crippen molar-refractivity contribution < 1.29 is 13.2 Å². The van der Waals surface area contributed by atoms with Crippen LogP contribution < -0.4 is 4.72 Å². The van der Waals surface area contributed by atoms with Gasteiger partial charge in [-0.2, -0.15) is 0 Å². The first-order valence-corrected chi connectivity index (χ1v) is 7.78. The molecule has 1 aromatic rings. The van der Waals surface area contributed by atoms with E-state index in [1.807, 2.05) is 32.0 Å². The molecule has 0 saturated carbocycles. The summed E-state index contributed by atoms with van der Waals surface area (Å²) in [6.45, 7) is 4.91. The predicted molar refractivity (Wildman–Crippen MR) is 72.8 cm³/mol. The van der Waals surface area contributed by atoms with Crippen LogP contribution in [0.2, 0.25) is 0 Å². The maximum atomic E-state index is 11.7. The highest BCUT2D eigenvalue weighted by Crippen LogP contribution is 2.03. The zero-order valence-corrected chi connectivity index (χ0v) is 11.7. The smallest absolute Gasteiger partial charge is 0.215 e. The summed E-state index contributed by atoms with van der Waals surface area (Å²) in [4.78, 5) is 0. The standard InChI is InChI=1S/C13H21NO3S/c1-12(2)17-10-6-9-14-18(15,16)11-13-7-4-3-5-8-13/h3-5,7-8,12,14H,6,9-11H2,1-2H3. The molecule has 0 radical (unpaired) electrons. The molecule has 1 aromatic carbocycles. The van der Waals surface area contributed by atoms with Crippen LogP contribution in [-0.4, -0.2) is 27.7 Å². The Kier molecular flexibility index (Phi) is 6.32. The summed E-state index contributed by atoms with van der Waals surface area (Å²) in [5.74, 6) is 0.0267. The molecule has 1 rings (SSSR count). The minimum Gasteiger partial charge on any atom is -0.379 e. The molecule has 0 aliphatic heterocycles. The van der Waals surface area contributed by atoms with Gasteiger partial charge in [-0.25, -0.2) is 13.1 Å². The molecule has 102 valence electrons. The molecular formula is C13H21NO3S. The van der Waals surface area contributed by atoms with Crippen molar-refractivity contribution in [2.45, 2.75) is 32.1 Å². The van der Waals surface area contributed by atoms with Gasteiger partial charge >= 0.3 is 0 Å². The molecule has 0 aromatic heterocycles. The Morgan fingerprint density at radius 2 is 1.89 bits per heavy atom. The average Bonchev–Trinajstić information content (AvgIpc) is 2.28. The van der Waals surface area contributed by atoms with Crippen LogP contribution in [0.15, 0.2) is 30.3 Å². The van der Waals surface area contributed by atoms with Crippen LogP contribution >= 0.6 is 0 Å². The molecule has 0 aliphatic rings. The van der Waals surface area contributed by atoms with E-state index in [2.05, 4.69) is 4.72 Å². The minimum absolute atomic E-state index is 0.0267. The summed E-state index contributed by atoms with van der Waals surface area (Å²) >= 11 is 0. The van der Waals surface area contributed by atoms with Crippen LogP contribution in [0.1, 0.15) is 25.8 Å². The maximum absolute atomic E-state index is 11.7. The van der Waals surface area contributed by atoms with Crippen LogP contribution in [0.3, 0.4) is 0 Å². The van der Waals surface area contributed by atoms with E-state index in [1.165, 1.54) is 0 Å². The van der Waals surface area contributed by atoms with Gasteiger partial charge < -0.3 is 4.74 Å². The van der Waals surface area contributed by atoms with Crippen LogP contribution in [0, 0.1) is 0 Å². The second-order valence-corrected chi connectivity index (χ2v) is 6.22. The van der Waals surface area contributed by atoms with Crippen molar-refractivity contribution in [1.29, 1.82) is 0 Å². The topological polar surface area (TPSA) is 55.4 Å². The first kappa shape index (κ1) is 15.1. The number of hydrogen-bond acceptors (Lipinski definition) is 3. The molecule has 0 atom stereocenters. The van der Waals surface area contributed by atoms with Gasteiger partial charge in [0, 0.05) is 13.2 Å². The third-order valence-electron chi connectivity index (χ3n) is 2.29. The van der Waals surface area contributed by atoms with Crippen molar-refractivity contribution in [2.75, 3.05) is 13.2 Å². The fourth-order valence-electron chi connectivity index (χ4n) is 1.46. The van der Waals surface area contributed by atoms with Gasteiger partial charge in [0.05, 0.1) is 11.9 Å². The quantitative estimate of drug-likeness (QED) is 0.735. The number of ether oxygens (including phenoxy) is 1. The zero-order valence-electron chi connectivity index (χ0n) is 10.9. The minimum atomic E-state index is -3.24. The third-order valence-corrected chi connectivity index (χ3v) is 3.65. The largest absolute Gasteiger partial charge is 0.379 e. The number of benzene rings is 1. The van der Waals surface area contributed by atoms with Gasteiger partial charge in [0.25, 0.3) is 0 Å². The maximum Gasteiger partial charge on any atom is 0.215 e. The van der Waals surface area contributed by atoms with E-state index in [4.69, 9.17) is 4.74 Å². The molecule has 5 heteroatoms. The number of hydrogen-bond donors (Lipinski definition) is 1. The van der Waals surface area contributed by atoms with Crippen LogP contribution in [0.25, 0.3) is 0 Å². The summed E-state index contributed by atoms with van der Waals surface area (Å²) < 4.78 is 31.4. The number of nitrogens with one attached hydrogen (secondary N) is 1. The van der Waals surface area contributed by atoms with Crippen molar-refractivity contribution >= 4 is 10.0 Å². The Hall–Kier alpha value is -0.910. The highest BCUT2D eigenvalue weighted by molar-refractivity contribution is 7.88. The fraction of sp³-hybridized carbons (Fsp3) is 0.538. The summed E-state index contributed by atoms with van der Waals surface area (Å²) in [7, 11) is -3.24. The summed E-state index contributed by atoms with van der Waals surface area (Å²) in [5.41, 5.74) is 0.795. The lowest BCUT2D eigenvalue weighted by Crippen LogP contribution is -2.27.